The van der Waals surface area contributed by atoms with E-state index in [1.807, 2.05) is 6.92 Å². The van der Waals surface area contributed by atoms with Gasteiger partial charge in [-0.15, -0.1) is 0 Å². The second-order valence-corrected chi connectivity index (χ2v) is 9.29. The van der Waals surface area contributed by atoms with E-state index < -0.39 is 41.1 Å². The number of rotatable bonds is 2. The topological polar surface area (TPSA) is 94.8 Å². The molecule has 3 saturated carbocycles. The standard InChI is InChI=1S/C21H27FO5/c1-19-5-3-11(24)7-14(19)15(22)8-12-13-4-6-21(27,17(26)10-23)20(13,2)9-16(25)18(12)19/h3,5,7,12-13,15-16,18,23,25,27H,4,6,8-10H2,1-2H3/t12-,13-,15+,16-,18+,19-,20-,21-/m0/s1. The van der Waals surface area contributed by atoms with Crippen molar-refractivity contribution < 1.29 is 29.3 Å². The third-order valence-electron chi connectivity index (χ3n) is 8.23. The number of aliphatic hydroxyl groups is 3. The van der Waals surface area contributed by atoms with Crippen molar-refractivity contribution in [3.8, 4) is 0 Å². The van der Waals surface area contributed by atoms with Gasteiger partial charge in [-0.25, -0.2) is 4.39 Å². The van der Waals surface area contributed by atoms with Gasteiger partial charge < -0.3 is 15.3 Å². The van der Waals surface area contributed by atoms with Crippen LogP contribution in [-0.2, 0) is 9.59 Å². The first-order valence-electron chi connectivity index (χ1n) is 9.72. The lowest BCUT2D eigenvalue weighted by Gasteiger charge is -2.60. The molecule has 27 heavy (non-hydrogen) atoms. The molecule has 8 atom stereocenters. The fourth-order valence-corrected chi connectivity index (χ4v) is 6.93. The maximum absolute atomic E-state index is 15.1. The molecule has 0 unspecified atom stereocenters. The van der Waals surface area contributed by atoms with Crippen LogP contribution in [-0.4, -0.2) is 51.4 Å². The third kappa shape index (κ3) is 2.26. The number of halogens is 1. The number of fused-ring (bicyclic) bond motifs is 5. The summed E-state index contributed by atoms with van der Waals surface area (Å²) in [5, 5.41) is 31.6. The Morgan fingerprint density at radius 2 is 2.07 bits per heavy atom. The Balaban J connectivity index is 1.78. The lowest BCUT2D eigenvalue weighted by atomic mass is 9.46. The van der Waals surface area contributed by atoms with Crippen LogP contribution in [0.3, 0.4) is 0 Å². The van der Waals surface area contributed by atoms with E-state index in [0.29, 0.717) is 12.0 Å². The van der Waals surface area contributed by atoms with Crippen LogP contribution in [0.15, 0.2) is 23.8 Å². The van der Waals surface area contributed by atoms with Gasteiger partial charge in [0.1, 0.15) is 18.4 Å². The van der Waals surface area contributed by atoms with Crippen LogP contribution in [0.4, 0.5) is 4.39 Å². The predicted octanol–water partition coefficient (Wildman–Crippen LogP) is 1.51. The number of carbonyl (C=O) groups excluding carboxylic acids is 2. The average Bonchev–Trinajstić information content (AvgIpc) is 2.87. The molecular formula is C21H27FO5. The molecule has 4 rings (SSSR count). The quantitative estimate of drug-likeness (QED) is 0.677. The first-order valence-corrected chi connectivity index (χ1v) is 9.72. The minimum Gasteiger partial charge on any atom is -0.393 e. The first-order chi connectivity index (χ1) is 12.6. The van der Waals surface area contributed by atoms with Crippen LogP contribution in [0.5, 0.6) is 0 Å². The van der Waals surface area contributed by atoms with Crippen molar-refractivity contribution in [1.82, 2.24) is 0 Å². The lowest BCUT2D eigenvalue weighted by molar-refractivity contribution is -0.180. The number of aliphatic hydroxyl groups excluding tert-OH is 2. The minimum atomic E-state index is -1.69. The molecule has 0 aliphatic heterocycles. The van der Waals surface area contributed by atoms with E-state index in [1.54, 1.807) is 13.0 Å². The van der Waals surface area contributed by atoms with E-state index in [-0.39, 0.29) is 42.8 Å². The van der Waals surface area contributed by atoms with E-state index in [4.69, 9.17) is 0 Å². The van der Waals surface area contributed by atoms with Gasteiger partial charge in [0, 0.05) is 16.7 Å². The maximum Gasteiger partial charge on any atom is 0.190 e. The van der Waals surface area contributed by atoms with Gasteiger partial charge in [-0.3, -0.25) is 9.59 Å². The largest absolute Gasteiger partial charge is 0.393 e. The summed E-state index contributed by atoms with van der Waals surface area (Å²) >= 11 is 0. The van der Waals surface area contributed by atoms with E-state index >= 15 is 4.39 Å². The zero-order valence-corrected chi connectivity index (χ0v) is 15.7. The molecule has 0 aromatic heterocycles. The van der Waals surface area contributed by atoms with Crippen LogP contribution in [0.2, 0.25) is 0 Å². The molecule has 0 bridgehead atoms. The molecule has 5 nitrogen and oxygen atoms in total. The van der Waals surface area contributed by atoms with Gasteiger partial charge in [0.25, 0.3) is 0 Å². The van der Waals surface area contributed by atoms with Crippen LogP contribution in [0, 0.1) is 28.6 Å². The Morgan fingerprint density at radius 1 is 1.37 bits per heavy atom. The van der Waals surface area contributed by atoms with Gasteiger partial charge in [-0.05, 0) is 55.2 Å². The van der Waals surface area contributed by atoms with Crippen molar-refractivity contribution in [2.24, 2.45) is 28.6 Å². The number of hydrogen-bond acceptors (Lipinski definition) is 5. The monoisotopic (exact) mass is 378 g/mol. The van der Waals surface area contributed by atoms with Crippen LogP contribution in [0.1, 0.15) is 39.5 Å². The zero-order valence-electron chi connectivity index (χ0n) is 15.7. The van der Waals surface area contributed by atoms with Crippen molar-refractivity contribution in [2.75, 3.05) is 6.61 Å². The highest BCUT2D eigenvalue weighted by atomic mass is 19.1. The molecule has 0 saturated heterocycles. The van der Waals surface area contributed by atoms with E-state index in [0.717, 1.165) is 0 Å². The fourth-order valence-electron chi connectivity index (χ4n) is 6.93. The lowest BCUT2D eigenvalue weighted by Crippen LogP contribution is -2.62. The normalized spacial score (nSPS) is 51.3. The van der Waals surface area contributed by atoms with Gasteiger partial charge in [0.2, 0.25) is 0 Å². The average molecular weight is 378 g/mol. The Kier molecular flexibility index (Phi) is 4.09. The molecule has 0 heterocycles. The summed E-state index contributed by atoms with van der Waals surface area (Å²) in [6.07, 6.45) is 3.55. The van der Waals surface area contributed by atoms with Crippen LogP contribution >= 0.6 is 0 Å². The third-order valence-corrected chi connectivity index (χ3v) is 8.23. The van der Waals surface area contributed by atoms with Crippen LogP contribution in [0.25, 0.3) is 0 Å². The first kappa shape index (κ1) is 19.0. The summed E-state index contributed by atoms with van der Waals surface area (Å²) in [5.41, 5.74) is -2.92. The number of carbonyl (C=O) groups is 2. The molecular weight excluding hydrogens is 351 g/mol. The summed E-state index contributed by atoms with van der Waals surface area (Å²) in [6.45, 7) is 2.92. The van der Waals surface area contributed by atoms with Crippen molar-refractivity contribution in [2.45, 2.75) is 57.4 Å². The zero-order chi connectivity index (χ0) is 19.8. The summed E-state index contributed by atoms with van der Waals surface area (Å²) in [5.74, 6) is -1.48. The summed E-state index contributed by atoms with van der Waals surface area (Å²) in [4.78, 5) is 24.1. The number of allylic oxidation sites excluding steroid dienone is 4. The highest BCUT2D eigenvalue weighted by Crippen LogP contribution is 2.67. The van der Waals surface area contributed by atoms with Gasteiger partial charge >= 0.3 is 0 Å². The van der Waals surface area contributed by atoms with E-state index in [1.165, 1.54) is 12.2 Å². The molecule has 0 amide bonds. The number of alkyl halides is 1. The SMILES string of the molecule is C[C@]12C=CC(=O)C=C1[C@H](F)C[C@@H]1[C@@H]2[C@@H](O)C[C@@]2(C)[C@H]1CC[C@]2(O)C(=O)CO. The Morgan fingerprint density at radius 3 is 2.74 bits per heavy atom. The fraction of sp³-hybridized carbons (Fsp3) is 0.714. The Labute approximate surface area is 158 Å². The number of hydrogen-bond donors (Lipinski definition) is 3. The maximum atomic E-state index is 15.1. The molecule has 3 N–H and O–H groups in total. The molecule has 6 heteroatoms. The molecule has 3 fully saturated rings. The van der Waals surface area contributed by atoms with Gasteiger partial charge in [0.05, 0.1) is 6.10 Å². The molecule has 0 aromatic rings. The van der Waals surface area contributed by atoms with Crippen molar-refractivity contribution in [3.63, 3.8) is 0 Å². The molecule has 4 aliphatic carbocycles. The molecule has 0 radical (unpaired) electrons. The molecule has 0 aromatic carbocycles. The highest BCUT2D eigenvalue weighted by Gasteiger charge is 2.68. The predicted molar refractivity (Wildman–Crippen MR) is 95.3 cm³/mol. The van der Waals surface area contributed by atoms with Crippen LogP contribution < -0.4 is 0 Å². The second kappa shape index (κ2) is 5.82. The summed E-state index contributed by atoms with van der Waals surface area (Å²) < 4.78 is 15.1. The number of ketones is 2. The van der Waals surface area contributed by atoms with E-state index in [9.17, 15) is 24.9 Å². The van der Waals surface area contributed by atoms with Crippen molar-refractivity contribution >= 4 is 11.6 Å². The Bertz CT molecular complexity index is 760. The van der Waals surface area contributed by atoms with Gasteiger partial charge in [0.15, 0.2) is 11.6 Å². The van der Waals surface area contributed by atoms with Crippen molar-refractivity contribution in [3.05, 3.63) is 23.8 Å². The number of Topliss-reactive ketones (excluding diaryl/α,β-unsaturated/α-hetero) is 1. The van der Waals surface area contributed by atoms with Crippen molar-refractivity contribution in [1.29, 1.82) is 0 Å². The summed E-state index contributed by atoms with van der Waals surface area (Å²) in [7, 11) is 0. The van der Waals surface area contributed by atoms with E-state index in [2.05, 4.69) is 0 Å². The minimum absolute atomic E-state index is 0.131. The van der Waals surface area contributed by atoms with Gasteiger partial charge in [-0.1, -0.05) is 19.9 Å². The molecule has 0 spiro atoms. The smallest absolute Gasteiger partial charge is 0.190 e. The van der Waals surface area contributed by atoms with Gasteiger partial charge in [-0.2, -0.15) is 0 Å². The highest BCUT2D eigenvalue weighted by molar-refractivity contribution is 6.01. The molecule has 148 valence electrons. The second-order valence-electron chi connectivity index (χ2n) is 9.29. The molecule has 4 aliphatic rings. The Hall–Kier alpha value is -1.37. The summed E-state index contributed by atoms with van der Waals surface area (Å²) in [6, 6.07) is 0.